The minimum absolute atomic E-state index is 0.452. The third kappa shape index (κ3) is 1.66. The molecule has 0 fully saturated rings. The largest absolute Gasteiger partial charge is 0.446 e. The molecule has 0 aliphatic carbocycles. The summed E-state index contributed by atoms with van der Waals surface area (Å²) in [5.74, 6) is 0. The molecule has 6 heteroatoms. The van der Waals surface area contributed by atoms with Gasteiger partial charge in [0.2, 0.25) is 0 Å². The molecule has 2 aromatic heterocycles. The molecule has 0 saturated carbocycles. The molecule has 0 radical (unpaired) electrons. The highest BCUT2D eigenvalue weighted by molar-refractivity contribution is 14.2. The van der Waals surface area contributed by atoms with Gasteiger partial charge in [-0.2, -0.15) is 0 Å². The first-order valence-corrected chi connectivity index (χ1v) is 7.48. The quantitative estimate of drug-likeness (QED) is 0.677. The third-order valence-electron chi connectivity index (χ3n) is 2.09. The van der Waals surface area contributed by atoms with Crippen molar-refractivity contribution in [2.75, 3.05) is 0 Å². The Hall–Kier alpha value is -0.205. The zero-order valence-electron chi connectivity index (χ0n) is 7.51. The van der Waals surface area contributed by atoms with Crippen molar-refractivity contribution in [1.29, 1.82) is 0 Å². The van der Waals surface area contributed by atoms with Crippen LogP contribution in [0.2, 0.25) is 6.82 Å². The van der Waals surface area contributed by atoms with E-state index in [1.807, 2.05) is 22.3 Å². The second kappa shape index (κ2) is 4.12. The fourth-order valence-electron chi connectivity index (χ4n) is 1.44. The first kappa shape index (κ1) is 10.3. The van der Waals surface area contributed by atoms with E-state index in [1.54, 1.807) is 22.1 Å². The minimum atomic E-state index is -0.452. The van der Waals surface area contributed by atoms with Crippen LogP contribution in [0.4, 0.5) is 0 Å². The van der Waals surface area contributed by atoms with Gasteiger partial charge in [-0.1, -0.05) is 12.9 Å². The summed E-state index contributed by atoms with van der Waals surface area (Å²) in [4.78, 5) is 4.28. The van der Waals surface area contributed by atoms with Crippen molar-refractivity contribution < 1.29 is 5.02 Å². The molecule has 2 rings (SSSR count). The second-order valence-electron chi connectivity index (χ2n) is 3.03. The van der Waals surface area contributed by atoms with E-state index >= 15 is 0 Å². The Labute approximate surface area is 98.7 Å². The van der Waals surface area contributed by atoms with Gasteiger partial charge in [-0.15, -0.1) is 0 Å². The summed E-state index contributed by atoms with van der Waals surface area (Å²) in [5, 5.41) is 10.6. The van der Waals surface area contributed by atoms with Gasteiger partial charge in [0, 0.05) is 48.1 Å². The summed E-state index contributed by atoms with van der Waals surface area (Å²) in [5.41, 5.74) is 1.83. The van der Waals surface area contributed by atoms with Crippen LogP contribution in [0.3, 0.4) is 0 Å². The van der Waals surface area contributed by atoms with Crippen LogP contribution in [0.1, 0.15) is 0 Å². The van der Waals surface area contributed by atoms with Gasteiger partial charge in [0.15, 0.2) is 0 Å². The van der Waals surface area contributed by atoms with Crippen molar-refractivity contribution in [2.24, 2.45) is 0 Å². The van der Waals surface area contributed by atoms with E-state index in [4.69, 9.17) is 0 Å². The Kier molecular flexibility index (Phi) is 3.03. The van der Waals surface area contributed by atoms with Crippen LogP contribution in [0.25, 0.3) is 11.0 Å². The SMILES string of the molecule is CB(O)c1cn(SI)c2ncccc12. The molecule has 1 N–H and O–H groups in total. The van der Waals surface area contributed by atoms with Gasteiger partial charge < -0.3 is 5.02 Å². The van der Waals surface area contributed by atoms with Crippen LogP contribution >= 0.6 is 30.3 Å². The highest BCUT2D eigenvalue weighted by Crippen LogP contribution is 2.21. The van der Waals surface area contributed by atoms with E-state index in [2.05, 4.69) is 26.2 Å². The molecular weight excluding hydrogens is 310 g/mol. The Morgan fingerprint density at radius 1 is 1.64 bits per heavy atom. The minimum Gasteiger partial charge on any atom is -0.446 e. The molecule has 0 bridgehead atoms. The Bertz CT molecular complexity index is 460. The standard InChI is InChI=1S/C8H8BIN2OS/c1-9(13)7-5-12(14-10)8-6(7)3-2-4-11-8/h2-5,13H,1H3. The van der Waals surface area contributed by atoms with E-state index in [-0.39, 0.29) is 0 Å². The van der Waals surface area contributed by atoms with E-state index in [0.717, 1.165) is 16.5 Å². The Balaban J connectivity index is 2.73. The summed E-state index contributed by atoms with van der Waals surface area (Å²) in [6.45, 7) is 1.32. The van der Waals surface area contributed by atoms with Crippen LogP contribution in [-0.4, -0.2) is 20.9 Å². The summed E-state index contributed by atoms with van der Waals surface area (Å²) in [6, 6.07) is 3.87. The number of hydrogen-bond donors (Lipinski definition) is 1. The van der Waals surface area contributed by atoms with Crippen LogP contribution in [0.15, 0.2) is 24.5 Å². The fraction of sp³-hybridized carbons (Fsp3) is 0.125. The summed E-state index contributed by atoms with van der Waals surface area (Å²) in [7, 11) is 1.55. The lowest BCUT2D eigenvalue weighted by Crippen LogP contribution is -2.25. The highest BCUT2D eigenvalue weighted by Gasteiger charge is 2.15. The van der Waals surface area contributed by atoms with E-state index in [9.17, 15) is 5.02 Å². The Morgan fingerprint density at radius 3 is 3.07 bits per heavy atom. The predicted octanol–water partition coefficient (Wildman–Crippen LogP) is 1.70. The molecule has 0 aromatic carbocycles. The van der Waals surface area contributed by atoms with Crippen LogP contribution in [0.5, 0.6) is 0 Å². The number of nitrogens with zero attached hydrogens (tertiary/aromatic N) is 2. The molecule has 2 heterocycles. The van der Waals surface area contributed by atoms with E-state index < -0.39 is 6.92 Å². The zero-order valence-corrected chi connectivity index (χ0v) is 10.5. The smallest absolute Gasteiger partial charge is 0.322 e. The molecule has 14 heavy (non-hydrogen) atoms. The lowest BCUT2D eigenvalue weighted by atomic mass is 9.64. The molecule has 0 saturated heterocycles. The predicted molar refractivity (Wildman–Crippen MR) is 70.2 cm³/mol. The third-order valence-corrected chi connectivity index (χ3v) is 3.79. The molecule has 0 spiro atoms. The van der Waals surface area contributed by atoms with Gasteiger partial charge >= 0.3 is 6.92 Å². The zero-order chi connectivity index (χ0) is 10.1. The lowest BCUT2D eigenvalue weighted by Gasteiger charge is -1.95. The van der Waals surface area contributed by atoms with E-state index in [1.165, 1.54) is 0 Å². The molecule has 0 amide bonds. The molecule has 0 atom stereocenters. The monoisotopic (exact) mass is 318 g/mol. The average molecular weight is 318 g/mol. The number of fused-ring (bicyclic) bond motifs is 1. The van der Waals surface area contributed by atoms with Crippen molar-refractivity contribution in [3.05, 3.63) is 24.5 Å². The topological polar surface area (TPSA) is 38.0 Å². The maximum Gasteiger partial charge on any atom is 0.322 e. The van der Waals surface area contributed by atoms with Crippen LogP contribution < -0.4 is 5.46 Å². The second-order valence-corrected chi connectivity index (χ2v) is 4.74. The highest BCUT2D eigenvalue weighted by atomic mass is 127. The van der Waals surface area contributed by atoms with Crippen molar-refractivity contribution in [3.8, 4) is 0 Å². The first-order chi connectivity index (χ1) is 6.74. The van der Waals surface area contributed by atoms with Crippen LogP contribution in [0, 0.1) is 0 Å². The molecule has 0 aliphatic rings. The Morgan fingerprint density at radius 2 is 2.43 bits per heavy atom. The molecule has 0 unspecified atom stereocenters. The molecule has 3 nitrogen and oxygen atoms in total. The molecule has 0 aliphatic heterocycles. The van der Waals surface area contributed by atoms with Gasteiger partial charge in [0.25, 0.3) is 0 Å². The molecular formula is C8H8BIN2OS. The lowest BCUT2D eigenvalue weighted by molar-refractivity contribution is 0.594. The number of pyridine rings is 1. The summed E-state index contributed by atoms with van der Waals surface area (Å²) >= 11 is 2.20. The molecule has 2 aromatic rings. The van der Waals surface area contributed by atoms with Gasteiger partial charge in [0.1, 0.15) is 5.65 Å². The summed E-state index contributed by atoms with van der Waals surface area (Å²) < 4.78 is 1.96. The van der Waals surface area contributed by atoms with E-state index in [0.29, 0.717) is 0 Å². The van der Waals surface area contributed by atoms with Gasteiger partial charge in [-0.3, -0.25) is 3.97 Å². The van der Waals surface area contributed by atoms with Gasteiger partial charge in [-0.25, -0.2) is 4.98 Å². The fourth-order valence-corrected chi connectivity index (χ4v) is 2.71. The first-order valence-electron chi connectivity index (χ1n) is 4.17. The van der Waals surface area contributed by atoms with Crippen molar-refractivity contribution in [3.63, 3.8) is 0 Å². The van der Waals surface area contributed by atoms with Crippen molar-refractivity contribution in [1.82, 2.24) is 8.96 Å². The number of aromatic nitrogens is 2. The van der Waals surface area contributed by atoms with Crippen molar-refractivity contribution in [2.45, 2.75) is 6.82 Å². The van der Waals surface area contributed by atoms with Gasteiger partial charge in [0.05, 0.1) is 0 Å². The molecule has 72 valence electrons. The normalized spacial score (nSPS) is 10.8. The van der Waals surface area contributed by atoms with Crippen LogP contribution in [-0.2, 0) is 0 Å². The average Bonchev–Trinajstić information content (AvgIpc) is 2.56. The number of halogens is 1. The van der Waals surface area contributed by atoms with Crippen molar-refractivity contribution >= 4 is 53.7 Å². The summed E-state index contributed by atoms with van der Waals surface area (Å²) in [6.07, 6.45) is 3.69. The number of hydrogen-bond acceptors (Lipinski definition) is 3. The van der Waals surface area contributed by atoms with Gasteiger partial charge in [-0.05, 0) is 11.5 Å². The maximum absolute atomic E-state index is 9.58. The number of rotatable bonds is 2. The maximum atomic E-state index is 9.58.